The Bertz CT molecular complexity index is 1530. The Hall–Kier alpha value is -2.66. The topological polar surface area (TPSA) is 62.2 Å². The maximum Gasteiger partial charge on any atom is 0.195 e. The molecule has 2 aliphatic rings. The first-order valence-corrected chi connectivity index (χ1v) is 16.9. The molecule has 6 rings (SSSR count). The number of ether oxygens (including phenoxy) is 2. The molecule has 0 radical (unpaired) electrons. The third-order valence-corrected chi connectivity index (χ3v) is 10.9. The molecule has 3 heterocycles. The average molecular weight is 697 g/mol. The quantitative estimate of drug-likeness (QED) is 0.0758. The fourth-order valence-electron chi connectivity index (χ4n) is 5.84. The number of aryl methyl sites for hydroxylation is 1. The number of fused-ring (bicyclic) bond motifs is 1. The molecule has 4 aromatic rings. The molecule has 8 heteroatoms. The molecule has 2 saturated heterocycles. The Balaban J connectivity index is 1.21. The van der Waals surface area contributed by atoms with Crippen molar-refractivity contribution in [1.29, 1.82) is 0 Å². The Labute approximate surface area is 265 Å². The van der Waals surface area contributed by atoms with E-state index in [0.717, 1.165) is 70.3 Å². The van der Waals surface area contributed by atoms with E-state index in [1.807, 2.05) is 61.5 Å². The van der Waals surface area contributed by atoms with E-state index in [1.165, 1.54) is 37.0 Å². The van der Waals surface area contributed by atoms with Crippen LogP contribution in [0.5, 0.6) is 17.2 Å². The van der Waals surface area contributed by atoms with E-state index in [-0.39, 0.29) is 11.5 Å². The molecule has 0 saturated carbocycles. The Morgan fingerprint density at radius 1 is 0.929 bits per heavy atom. The molecule has 3 aromatic carbocycles. The summed E-state index contributed by atoms with van der Waals surface area (Å²) in [6, 6.07) is 19.2. The van der Waals surface area contributed by atoms with Gasteiger partial charge in [-0.15, -0.1) is 11.3 Å². The van der Waals surface area contributed by atoms with Crippen LogP contribution in [0, 0.1) is 6.92 Å². The Kier molecular flexibility index (Phi) is 9.33. The summed E-state index contributed by atoms with van der Waals surface area (Å²) in [4.78, 5) is 19.8. The number of alkyl halides is 1. The summed E-state index contributed by atoms with van der Waals surface area (Å²) < 4.78 is 13.5. The second kappa shape index (κ2) is 13.3. The van der Waals surface area contributed by atoms with Gasteiger partial charge in [0.05, 0.1) is 4.05 Å². The van der Waals surface area contributed by atoms with Crippen molar-refractivity contribution in [3.05, 3.63) is 77.4 Å². The third kappa shape index (κ3) is 6.61. The normalized spacial score (nSPS) is 17.7. The highest BCUT2D eigenvalue weighted by Gasteiger charge is 2.23. The second-order valence-electron chi connectivity index (χ2n) is 11.2. The van der Waals surface area contributed by atoms with Crippen LogP contribution in [0.1, 0.15) is 47.2 Å². The highest BCUT2D eigenvalue weighted by atomic mass is 127. The maximum atomic E-state index is 14.0. The SMILES string of the molecule is Cc1cc2c(C(=O)c3ccc(OCCN4CCCC4I)cc3)c(-c3ccc(OCCN4CCCC4)cc3)sc2cc1O. The number of phenolic OH excluding ortho intramolecular Hbond substituents is 1. The average Bonchev–Trinajstić information content (AvgIpc) is 3.75. The van der Waals surface area contributed by atoms with Gasteiger partial charge in [-0.1, -0.05) is 22.6 Å². The van der Waals surface area contributed by atoms with Gasteiger partial charge in [0.15, 0.2) is 5.78 Å². The number of likely N-dealkylation sites (tertiary alicyclic amines) is 2. The molecule has 0 spiro atoms. The van der Waals surface area contributed by atoms with Crippen LogP contribution >= 0.6 is 33.9 Å². The number of ketones is 1. The third-order valence-electron chi connectivity index (χ3n) is 8.27. The van der Waals surface area contributed by atoms with Crippen LogP contribution < -0.4 is 9.47 Å². The van der Waals surface area contributed by atoms with Crippen molar-refractivity contribution in [2.24, 2.45) is 0 Å². The zero-order chi connectivity index (χ0) is 29.1. The van der Waals surface area contributed by atoms with Crippen molar-refractivity contribution in [3.8, 4) is 27.7 Å². The predicted molar refractivity (Wildman–Crippen MR) is 179 cm³/mol. The van der Waals surface area contributed by atoms with Gasteiger partial charge in [0, 0.05) is 39.2 Å². The smallest absolute Gasteiger partial charge is 0.195 e. The van der Waals surface area contributed by atoms with Gasteiger partial charge in [-0.2, -0.15) is 0 Å². The molecule has 2 fully saturated rings. The van der Waals surface area contributed by atoms with Gasteiger partial charge in [-0.25, -0.2) is 0 Å². The first kappa shape index (κ1) is 29.4. The summed E-state index contributed by atoms with van der Waals surface area (Å²) >= 11 is 4.04. The van der Waals surface area contributed by atoms with Gasteiger partial charge in [0.2, 0.25) is 0 Å². The zero-order valence-corrected chi connectivity index (χ0v) is 27.0. The second-order valence-corrected chi connectivity index (χ2v) is 13.7. The van der Waals surface area contributed by atoms with Crippen molar-refractivity contribution in [1.82, 2.24) is 9.80 Å². The van der Waals surface area contributed by atoms with Crippen molar-refractivity contribution in [3.63, 3.8) is 0 Å². The highest BCUT2D eigenvalue weighted by molar-refractivity contribution is 14.1. The van der Waals surface area contributed by atoms with Crippen LogP contribution in [0.3, 0.4) is 0 Å². The van der Waals surface area contributed by atoms with E-state index in [1.54, 1.807) is 6.07 Å². The van der Waals surface area contributed by atoms with Gasteiger partial charge in [-0.05, 0) is 124 Å². The predicted octanol–water partition coefficient (Wildman–Crippen LogP) is 7.52. The number of hydrogen-bond acceptors (Lipinski definition) is 7. The van der Waals surface area contributed by atoms with E-state index in [0.29, 0.717) is 28.4 Å². The minimum Gasteiger partial charge on any atom is -0.508 e. The molecule has 2 aliphatic heterocycles. The van der Waals surface area contributed by atoms with Crippen molar-refractivity contribution in [2.45, 2.75) is 36.7 Å². The number of thiophene rings is 1. The monoisotopic (exact) mass is 696 g/mol. The standard InChI is InChI=1S/C34H37IN2O4S/c1-23-21-28-30(22-29(23)38)42-34(25-8-12-27(13-9-25)40-19-17-36-14-2-3-15-36)32(28)33(39)24-6-10-26(11-7-24)41-20-18-37-16-4-5-31(37)35/h6-13,21-22,31,38H,2-5,14-20H2,1H3. The van der Waals surface area contributed by atoms with E-state index in [4.69, 9.17) is 9.47 Å². The minimum atomic E-state index is -0.0383. The number of nitrogens with zero attached hydrogens (tertiary/aromatic N) is 2. The molecular formula is C34H37IN2O4S. The van der Waals surface area contributed by atoms with Crippen LogP contribution in [0.2, 0.25) is 0 Å². The number of phenols is 1. The summed E-state index contributed by atoms with van der Waals surface area (Å²) in [6.07, 6.45) is 5.04. The fourth-order valence-corrected chi connectivity index (χ4v) is 8.05. The Morgan fingerprint density at radius 3 is 2.26 bits per heavy atom. The lowest BCUT2D eigenvalue weighted by Crippen LogP contribution is -2.29. The van der Waals surface area contributed by atoms with Crippen molar-refractivity contribution >= 4 is 49.8 Å². The summed E-state index contributed by atoms with van der Waals surface area (Å²) in [5.41, 5.74) is 2.98. The lowest BCUT2D eigenvalue weighted by molar-refractivity contribution is 0.104. The maximum absolute atomic E-state index is 14.0. The van der Waals surface area contributed by atoms with Crippen LogP contribution in [0.25, 0.3) is 20.5 Å². The van der Waals surface area contributed by atoms with Crippen LogP contribution in [-0.2, 0) is 0 Å². The van der Waals surface area contributed by atoms with E-state index in [2.05, 4.69) is 32.4 Å². The summed E-state index contributed by atoms with van der Waals surface area (Å²) in [6.45, 7) is 8.47. The van der Waals surface area contributed by atoms with Gasteiger partial charge in [0.1, 0.15) is 30.5 Å². The number of benzene rings is 3. The first-order chi connectivity index (χ1) is 20.5. The summed E-state index contributed by atoms with van der Waals surface area (Å²) in [7, 11) is 0. The van der Waals surface area contributed by atoms with Gasteiger partial charge >= 0.3 is 0 Å². The van der Waals surface area contributed by atoms with E-state index < -0.39 is 0 Å². The number of rotatable bonds is 11. The molecule has 1 N–H and O–H groups in total. The van der Waals surface area contributed by atoms with Crippen LogP contribution in [0.15, 0.2) is 60.7 Å². The lowest BCUT2D eigenvalue weighted by Gasteiger charge is -2.19. The largest absolute Gasteiger partial charge is 0.508 e. The van der Waals surface area contributed by atoms with Gasteiger partial charge in [0.25, 0.3) is 0 Å². The number of carbonyl (C=O) groups excluding carboxylic acids is 1. The number of halogens is 1. The molecular weight excluding hydrogens is 659 g/mol. The van der Waals surface area contributed by atoms with Crippen LogP contribution in [-0.4, -0.2) is 70.7 Å². The molecule has 42 heavy (non-hydrogen) atoms. The molecule has 0 aliphatic carbocycles. The molecule has 6 nitrogen and oxygen atoms in total. The lowest BCUT2D eigenvalue weighted by atomic mass is 9.96. The molecule has 1 unspecified atom stereocenters. The fraction of sp³-hybridized carbons (Fsp3) is 0.382. The number of carbonyl (C=O) groups is 1. The molecule has 0 amide bonds. The molecule has 0 bridgehead atoms. The zero-order valence-electron chi connectivity index (χ0n) is 24.0. The minimum absolute atomic E-state index is 0.0383. The number of hydrogen-bond donors (Lipinski definition) is 1. The van der Waals surface area contributed by atoms with Crippen molar-refractivity contribution in [2.75, 3.05) is 45.9 Å². The molecule has 220 valence electrons. The van der Waals surface area contributed by atoms with E-state index >= 15 is 0 Å². The number of aromatic hydroxyl groups is 1. The molecule has 1 atom stereocenters. The Morgan fingerprint density at radius 2 is 1.60 bits per heavy atom. The molecule has 1 aromatic heterocycles. The summed E-state index contributed by atoms with van der Waals surface area (Å²) in [5.74, 6) is 1.80. The van der Waals surface area contributed by atoms with Gasteiger partial charge < -0.3 is 14.6 Å². The van der Waals surface area contributed by atoms with Gasteiger partial charge in [-0.3, -0.25) is 14.6 Å². The highest BCUT2D eigenvalue weighted by Crippen LogP contribution is 2.42. The first-order valence-electron chi connectivity index (χ1n) is 14.8. The van der Waals surface area contributed by atoms with E-state index in [9.17, 15) is 9.90 Å². The summed E-state index contributed by atoms with van der Waals surface area (Å²) in [5, 5.41) is 11.3. The van der Waals surface area contributed by atoms with Crippen LogP contribution in [0.4, 0.5) is 0 Å². The van der Waals surface area contributed by atoms with Crippen molar-refractivity contribution < 1.29 is 19.4 Å².